The number of carbonyl (C=O) groups excluding carboxylic acids is 1. The first kappa shape index (κ1) is 16.7. The molecule has 1 atom stereocenters. The Balaban J connectivity index is 0.00000180. The molecule has 1 saturated heterocycles. The summed E-state index contributed by atoms with van der Waals surface area (Å²) in [5.41, 5.74) is 1.11. The highest BCUT2D eigenvalue weighted by Gasteiger charge is 2.25. The van der Waals surface area contributed by atoms with Gasteiger partial charge in [0.2, 0.25) is 5.91 Å². The molecule has 1 aromatic carbocycles. The second-order valence-corrected chi connectivity index (χ2v) is 6.10. The lowest BCUT2D eigenvalue weighted by Gasteiger charge is -2.16. The summed E-state index contributed by atoms with van der Waals surface area (Å²) in [4.78, 5) is 14.2. The van der Waals surface area contributed by atoms with E-state index in [0.717, 1.165) is 31.6 Å². The highest BCUT2D eigenvalue weighted by molar-refractivity contribution is 14.1. The largest absolute Gasteiger partial charge is 0.342 e. The molecule has 106 valence electrons. The Morgan fingerprint density at radius 1 is 1.53 bits per heavy atom. The highest BCUT2D eigenvalue weighted by atomic mass is 127. The molecule has 2 rings (SSSR count). The van der Waals surface area contributed by atoms with Crippen LogP contribution in [0.4, 0.5) is 0 Å². The van der Waals surface area contributed by atoms with Gasteiger partial charge in [0.15, 0.2) is 0 Å². The number of amides is 1. The van der Waals surface area contributed by atoms with Gasteiger partial charge in [0.05, 0.1) is 6.42 Å². The zero-order valence-corrected chi connectivity index (χ0v) is 14.0. The van der Waals surface area contributed by atoms with E-state index in [-0.39, 0.29) is 18.3 Å². The van der Waals surface area contributed by atoms with Crippen molar-refractivity contribution in [1.29, 1.82) is 0 Å². The number of nitrogens with one attached hydrogen (secondary N) is 1. The van der Waals surface area contributed by atoms with Gasteiger partial charge in [-0.2, -0.15) is 0 Å². The van der Waals surface area contributed by atoms with Crippen molar-refractivity contribution in [1.82, 2.24) is 10.2 Å². The maximum absolute atomic E-state index is 12.2. The van der Waals surface area contributed by atoms with Crippen LogP contribution >= 0.6 is 35.0 Å². The Hall–Kier alpha value is -0.330. The average Bonchev–Trinajstić information content (AvgIpc) is 2.78. The maximum atomic E-state index is 12.2. The van der Waals surface area contributed by atoms with Gasteiger partial charge in [0.25, 0.3) is 0 Å². The van der Waals surface area contributed by atoms with Crippen LogP contribution in [0.25, 0.3) is 0 Å². The van der Waals surface area contributed by atoms with Crippen LogP contribution < -0.4 is 5.32 Å². The van der Waals surface area contributed by atoms with Crippen LogP contribution in [-0.4, -0.2) is 37.5 Å². The second-order valence-electron chi connectivity index (χ2n) is 4.86. The van der Waals surface area contributed by atoms with E-state index >= 15 is 0 Å². The number of halogens is 2. The van der Waals surface area contributed by atoms with Crippen LogP contribution in [0.3, 0.4) is 0 Å². The fraction of sp³-hybridized carbons (Fsp3) is 0.500. The normalized spacial score (nSPS) is 18.2. The highest BCUT2D eigenvalue weighted by Crippen LogP contribution is 2.17. The van der Waals surface area contributed by atoms with Gasteiger partial charge < -0.3 is 10.2 Å². The molecule has 1 heterocycles. The third-order valence-corrected chi connectivity index (χ3v) is 4.05. The Labute approximate surface area is 134 Å². The summed E-state index contributed by atoms with van der Waals surface area (Å²) in [6, 6.07) is 8.17. The van der Waals surface area contributed by atoms with E-state index in [0.29, 0.717) is 12.3 Å². The van der Waals surface area contributed by atoms with E-state index < -0.39 is 0 Å². The number of hydrogen-bond acceptors (Lipinski definition) is 2. The minimum atomic E-state index is 0. The Morgan fingerprint density at radius 2 is 2.32 bits per heavy atom. The monoisotopic (exact) mass is 394 g/mol. The van der Waals surface area contributed by atoms with Gasteiger partial charge in [-0.3, -0.25) is 4.79 Å². The smallest absolute Gasteiger partial charge is 0.227 e. The summed E-state index contributed by atoms with van der Waals surface area (Å²) in [6.45, 7) is 2.83. The minimum absolute atomic E-state index is 0. The number of hydrogen-bond donors (Lipinski definition) is 1. The first-order valence-corrected chi connectivity index (χ1v) is 7.43. The molecular weight excluding hydrogens is 375 g/mol. The predicted molar refractivity (Wildman–Crippen MR) is 88.7 cm³/mol. The van der Waals surface area contributed by atoms with E-state index in [1.165, 1.54) is 3.57 Å². The fourth-order valence-electron chi connectivity index (χ4n) is 2.45. The molecule has 1 aliphatic rings. The summed E-state index contributed by atoms with van der Waals surface area (Å²) in [5.74, 6) is 0.880. The molecule has 1 unspecified atom stereocenters. The number of carbonyl (C=O) groups is 1. The molecule has 5 heteroatoms. The Morgan fingerprint density at radius 3 is 3.00 bits per heavy atom. The predicted octanol–water partition coefficient (Wildman–Crippen LogP) is 2.32. The third-order valence-electron chi connectivity index (χ3n) is 3.38. The second kappa shape index (κ2) is 8.07. The van der Waals surface area contributed by atoms with Crippen molar-refractivity contribution >= 4 is 40.9 Å². The number of benzene rings is 1. The van der Waals surface area contributed by atoms with Gasteiger partial charge in [-0.1, -0.05) is 12.1 Å². The zero-order valence-electron chi connectivity index (χ0n) is 11.1. The molecule has 0 aliphatic carbocycles. The standard InChI is InChI=1S/C14H19IN2O.ClH/c1-16-9-12-5-6-17(10-12)14(18)8-11-3-2-4-13(15)7-11;/h2-4,7,12,16H,5-6,8-10H2,1H3;1H. The fourth-order valence-corrected chi connectivity index (χ4v) is 3.06. The van der Waals surface area contributed by atoms with Crippen LogP contribution in [0.5, 0.6) is 0 Å². The lowest BCUT2D eigenvalue weighted by atomic mass is 10.1. The molecule has 1 fully saturated rings. The summed E-state index contributed by atoms with van der Waals surface area (Å²) < 4.78 is 1.19. The maximum Gasteiger partial charge on any atom is 0.227 e. The van der Waals surface area contributed by atoms with Gasteiger partial charge in [0, 0.05) is 16.7 Å². The van der Waals surface area contributed by atoms with Crippen LogP contribution in [0, 0.1) is 9.49 Å². The van der Waals surface area contributed by atoms with Crippen LogP contribution in [0.1, 0.15) is 12.0 Å². The SMILES string of the molecule is CNCC1CCN(C(=O)Cc2cccc(I)c2)C1.Cl. The van der Waals surface area contributed by atoms with Crippen molar-refractivity contribution < 1.29 is 4.79 Å². The molecule has 1 aromatic rings. The van der Waals surface area contributed by atoms with Gasteiger partial charge in [-0.05, 0) is 66.2 Å². The van der Waals surface area contributed by atoms with Crippen molar-refractivity contribution in [3.05, 3.63) is 33.4 Å². The quantitative estimate of drug-likeness (QED) is 0.795. The molecule has 0 radical (unpaired) electrons. The van der Waals surface area contributed by atoms with E-state index in [4.69, 9.17) is 0 Å². The van der Waals surface area contributed by atoms with E-state index in [1.54, 1.807) is 0 Å². The minimum Gasteiger partial charge on any atom is -0.342 e. The number of nitrogens with zero attached hydrogens (tertiary/aromatic N) is 1. The van der Waals surface area contributed by atoms with Gasteiger partial charge in [-0.15, -0.1) is 12.4 Å². The van der Waals surface area contributed by atoms with Crippen LogP contribution in [0.2, 0.25) is 0 Å². The van der Waals surface area contributed by atoms with Crippen LogP contribution in [-0.2, 0) is 11.2 Å². The lowest BCUT2D eigenvalue weighted by molar-refractivity contribution is -0.129. The summed E-state index contributed by atoms with van der Waals surface area (Å²) in [6.07, 6.45) is 1.65. The molecule has 0 bridgehead atoms. The summed E-state index contributed by atoms with van der Waals surface area (Å²) in [7, 11) is 1.97. The van der Waals surface area contributed by atoms with Crippen LogP contribution in [0.15, 0.2) is 24.3 Å². The molecule has 0 spiro atoms. The molecule has 19 heavy (non-hydrogen) atoms. The molecular formula is C14H20ClIN2O. The van der Waals surface area contributed by atoms with Gasteiger partial charge in [-0.25, -0.2) is 0 Å². The van der Waals surface area contributed by atoms with E-state index in [1.807, 2.05) is 30.1 Å². The van der Waals surface area contributed by atoms with Gasteiger partial charge >= 0.3 is 0 Å². The molecule has 0 saturated carbocycles. The Kier molecular flexibility index (Phi) is 7.10. The number of likely N-dealkylation sites (tertiary alicyclic amines) is 1. The topological polar surface area (TPSA) is 32.3 Å². The van der Waals surface area contributed by atoms with Crippen molar-refractivity contribution in [2.24, 2.45) is 5.92 Å². The molecule has 3 nitrogen and oxygen atoms in total. The first-order chi connectivity index (χ1) is 8.69. The zero-order chi connectivity index (χ0) is 13.0. The molecule has 0 aromatic heterocycles. The van der Waals surface area contributed by atoms with Crippen molar-refractivity contribution in [3.63, 3.8) is 0 Å². The lowest BCUT2D eigenvalue weighted by Crippen LogP contribution is -2.31. The third kappa shape index (κ3) is 4.93. The average molecular weight is 395 g/mol. The molecule has 1 N–H and O–H groups in total. The summed E-state index contributed by atoms with van der Waals surface area (Å²) >= 11 is 2.28. The summed E-state index contributed by atoms with van der Waals surface area (Å²) in [5, 5.41) is 3.19. The molecule has 1 aliphatic heterocycles. The van der Waals surface area contributed by atoms with Gasteiger partial charge in [0.1, 0.15) is 0 Å². The van der Waals surface area contributed by atoms with Crippen molar-refractivity contribution in [3.8, 4) is 0 Å². The Bertz CT molecular complexity index is 428. The van der Waals surface area contributed by atoms with Crippen molar-refractivity contribution in [2.45, 2.75) is 12.8 Å². The molecule has 1 amide bonds. The van der Waals surface area contributed by atoms with Crippen molar-refractivity contribution in [2.75, 3.05) is 26.7 Å². The van der Waals surface area contributed by atoms with E-state index in [2.05, 4.69) is 34.0 Å². The first-order valence-electron chi connectivity index (χ1n) is 6.36. The van der Waals surface area contributed by atoms with E-state index in [9.17, 15) is 4.79 Å². The number of rotatable bonds is 4.